The van der Waals surface area contributed by atoms with Gasteiger partial charge in [0.25, 0.3) is 0 Å². The number of aliphatic hydroxyl groups excluding tert-OH is 1. The maximum atomic E-state index is 11.0. The number of hydrogen-bond acceptors (Lipinski definition) is 2. The summed E-state index contributed by atoms with van der Waals surface area (Å²) < 4.78 is 2.24. The van der Waals surface area contributed by atoms with Gasteiger partial charge in [-0.2, -0.15) is 0 Å². The van der Waals surface area contributed by atoms with Gasteiger partial charge in [0, 0.05) is 11.5 Å². The van der Waals surface area contributed by atoms with Gasteiger partial charge in [0.05, 0.1) is 30.4 Å². The summed E-state index contributed by atoms with van der Waals surface area (Å²) in [5, 5.41) is 11.0. The average molecular weight is 302 g/mol. The second kappa shape index (κ2) is 4.80. The zero-order chi connectivity index (χ0) is 15.4. The van der Waals surface area contributed by atoms with Gasteiger partial charge in [-0.25, -0.2) is 4.98 Å². The van der Waals surface area contributed by atoms with E-state index in [0.717, 1.165) is 24.1 Å². The van der Waals surface area contributed by atoms with Gasteiger partial charge < -0.3 is 9.67 Å². The topological polar surface area (TPSA) is 38.1 Å². The molecule has 114 valence electrons. The molecule has 2 heterocycles. The minimum Gasteiger partial charge on any atom is -0.388 e. The van der Waals surface area contributed by atoms with Crippen LogP contribution in [0.5, 0.6) is 0 Å². The second-order valence-corrected chi connectivity index (χ2v) is 6.56. The fraction of sp³-hybridized carbons (Fsp3) is 0.250. The number of hydrogen-bond donors (Lipinski definition) is 1. The molecule has 0 fully saturated rings. The van der Waals surface area contributed by atoms with E-state index in [9.17, 15) is 5.11 Å². The largest absolute Gasteiger partial charge is 0.388 e. The highest BCUT2D eigenvalue weighted by Gasteiger charge is 2.40. The van der Waals surface area contributed by atoms with Crippen LogP contribution in [0, 0.1) is 5.92 Å². The lowest BCUT2D eigenvalue weighted by Gasteiger charge is -2.35. The Bertz CT molecular complexity index is 883. The Morgan fingerprint density at radius 3 is 2.70 bits per heavy atom. The van der Waals surface area contributed by atoms with Gasteiger partial charge in [-0.1, -0.05) is 48.5 Å². The van der Waals surface area contributed by atoms with Crippen molar-refractivity contribution in [3.8, 4) is 11.3 Å². The highest BCUT2D eigenvalue weighted by molar-refractivity contribution is 5.69. The van der Waals surface area contributed by atoms with Crippen LogP contribution in [-0.4, -0.2) is 14.7 Å². The summed E-state index contributed by atoms with van der Waals surface area (Å²) in [6.07, 6.45) is 5.44. The summed E-state index contributed by atoms with van der Waals surface area (Å²) in [6.45, 7) is 0. The van der Waals surface area contributed by atoms with Gasteiger partial charge in [0.2, 0.25) is 0 Å². The molecule has 23 heavy (non-hydrogen) atoms. The minimum atomic E-state index is -0.425. The molecule has 5 rings (SSSR count). The first kappa shape index (κ1) is 13.1. The van der Waals surface area contributed by atoms with E-state index >= 15 is 0 Å². The zero-order valence-corrected chi connectivity index (χ0v) is 12.8. The molecule has 0 radical (unpaired) electrons. The molecule has 3 nitrogen and oxygen atoms in total. The van der Waals surface area contributed by atoms with Crippen LogP contribution in [-0.2, 0) is 6.42 Å². The summed E-state index contributed by atoms with van der Waals surface area (Å²) >= 11 is 0. The molecule has 0 saturated heterocycles. The molecule has 0 saturated carbocycles. The standard InChI is InChI=1S/C20H18N2O/c23-20-14-6-2-1-5-13(14)9-10-17(20)19-16-8-4-3-7-15(16)18-11-21-12-22(18)19/h1-8,11-12,17,19-20,23H,9-10H2. The zero-order valence-electron chi connectivity index (χ0n) is 12.8. The molecule has 1 aromatic heterocycles. The van der Waals surface area contributed by atoms with Crippen molar-refractivity contribution in [3.63, 3.8) is 0 Å². The molecular formula is C20H18N2O. The fourth-order valence-corrected chi connectivity index (χ4v) is 4.40. The van der Waals surface area contributed by atoms with Crippen molar-refractivity contribution in [3.05, 3.63) is 77.7 Å². The monoisotopic (exact) mass is 302 g/mol. The highest BCUT2D eigenvalue weighted by Crippen LogP contribution is 2.49. The van der Waals surface area contributed by atoms with Crippen molar-refractivity contribution in [2.75, 3.05) is 0 Å². The van der Waals surface area contributed by atoms with Crippen molar-refractivity contribution < 1.29 is 5.11 Å². The summed E-state index contributed by atoms with van der Waals surface area (Å²) in [7, 11) is 0. The normalized spacial score (nSPS) is 24.8. The Morgan fingerprint density at radius 1 is 1.00 bits per heavy atom. The summed E-state index contributed by atoms with van der Waals surface area (Å²) in [4.78, 5) is 4.34. The van der Waals surface area contributed by atoms with E-state index < -0.39 is 6.10 Å². The second-order valence-electron chi connectivity index (χ2n) is 6.56. The van der Waals surface area contributed by atoms with Crippen LogP contribution in [0.1, 0.15) is 35.3 Å². The number of fused-ring (bicyclic) bond motifs is 4. The lowest BCUT2D eigenvalue weighted by atomic mass is 9.76. The van der Waals surface area contributed by atoms with Crippen LogP contribution < -0.4 is 0 Å². The maximum absolute atomic E-state index is 11.0. The molecule has 1 N–H and O–H groups in total. The van der Waals surface area contributed by atoms with Gasteiger partial charge in [0.15, 0.2) is 0 Å². The third kappa shape index (κ3) is 1.77. The molecule has 2 aliphatic rings. The average Bonchev–Trinajstić information content (AvgIpc) is 3.17. The van der Waals surface area contributed by atoms with Crippen LogP contribution in [0.3, 0.4) is 0 Å². The molecular weight excluding hydrogens is 284 g/mol. The highest BCUT2D eigenvalue weighted by atomic mass is 16.3. The quantitative estimate of drug-likeness (QED) is 0.743. The molecule has 3 atom stereocenters. The number of benzene rings is 2. The molecule has 0 spiro atoms. The van der Waals surface area contributed by atoms with Crippen molar-refractivity contribution in [1.82, 2.24) is 9.55 Å². The van der Waals surface area contributed by atoms with E-state index in [2.05, 4.69) is 52.0 Å². The fourth-order valence-electron chi connectivity index (χ4n) is 4.40. The third-order valence-corrected chi connectivity index (χ3v) is 5.45. The van der Waals surface area contributed by atoms with E-state index in [1.807, 2.05) is 18.6 Å². The van der Waals surface area contributed by atoms with Gasteiger partial charge in [-0.15, -0.1) is 0 Å². The van der Waals surface area contributed by atoms with Crippen molar-refractivity contribution in [1.29, 1.82) is 0 Å². The predicted molar refractivity (Wildman–Crippen MR) is 89.0 cm³/mol. The summed E-state index contributed by atoms with van der Waals surface area (Å²) in [5.74, 6) is 0.182. The van der Waals surface area contributed by atoms with Crippen LogP contribution in [0.15, 0.2) is 61.1 Å². The Balaban J connectivity index is 1.64. The van der Waals surface area contributed by atoms with E-state index in [0.29, 0.717) is 0 Å². The number of nitrogens with zero attached hydrogens (tertiary/aromatic N) is 2. The van der Waals surface area contributed by atoms with E-state index in [4.69, 9.17) is 0 Å². The first-order valence-corrected chi connectivity index (χ1v) is 8.21. The Morgan fingerprint density at radius 2 is 1.78 bits per heavy atom. The van der Waals surface area contributed by atoms with Gasteiger partial charge in [-0.3, -0.25) is 0 Å². The smallest absolute Gasteiger partial charge is 0.0956 e. The van der Waals surface area contributed by atoms with Crippen molar-refractivity contribution in [2.45, 2.75) is 25.0 Å². The molecule has 2 aromatic carbocycles. The van der Waals surface area contributed by atoms with Crippen LogP contribution in [0.25, 0.3) is 11.3 Å². The van der Waals surface area contributed by atoms with E-state index in [1.165, 1.54) is 16.7 Å². The molecule has 3 heteroatoms. The molecule has 0 amide bonds. The Kier molecular flexibility index (Phi) is 2.73. The lowest BCUT2D eigenvalue weighted by molar-refractivity contribution is 0.0720. The van der Waals surface area contributed by atoms with Crippen LogP contribution in [0.2, 0.25) is 0 Å². The molecule has 3 aromatic rings. The number of aromatic nitrogens is 2. The molecule has 1 aliphatic carbocycles. The van der Waals surface area contributed by atoms with Crippen LogP contribution >= 0.6 is 0 Å². The number of aryl methyl sites for hydroxylation is 1. The van der Waals surface area contributed by atoms with Crippen LogP contribution in [0.4, 0.5) is 0 Å². The van der Waals surface area contributed by atoms with Gasteiger partial charge in [-0.05, 0) is 29.5 Å². The third-order valence-electron chi connectivity index (χ3n) is 5.45. The van der Waals surface area contributed by atoms with E-state index in [1.54, 1.807) is 0 Å². The molecule has 0 bridgehead atoms. The predicted octanol–water partition coefficient (Wildman–Crippen LogP) is 3.75. The van der Waals surface area contributed by atoms with Gasteiger partial charge in [0.1, 0.15) is 0 Å². The lowest BCUT2D eigenvalue weighted by Crippen LogP contribution is -2.28. The van der Waals surface area contributed by atoms with Crippen molar-refractivity contribution in [2.24, 2.45) is 5.92 Å². The summed E-state index contributed by atoms with van der Waals surface area (Å²) in [5.41, 5.74) is 6.11. The number of aliphatic hydroxyl groups is 1. The molecule has 3 unspecified atom stereocenters. The Hall–Kier alpha value is -2.39. The summed E-state index contributed by atoms with van der Waals surface area (Å²) in [6, 6.07) is 17.0. The van der Waals surface area contributed by atoms with Crippen molar-refractivity contribution >= 4 is 0 Å². The first-order chi connectivity index (χ1) is 11.3. The minimum absolute atomic E-state index is 0.173. The number of rotatable bonds is 1. The maximum Gasteiger partial charge on any atom is 0.0956 e. The van der Waals surface area contributed by atoms with E-state index in [-0.39, 0.29) is 12.0 Å². The van der Waals surface area contributed by atoms with Gasteiger partial charge >= 0.3 is 0 Å². The SMILES string of the molecule is OC1c2ccccc2CCC1C1c2ccccc2-c2cncn21. The number of imidazole rings is 1. The Labute approximate surface area is 135 Å². The molecule has 1 aliphatic heterocycles. The first-order valence-electron chi connectivity index (χ1n) is 8.21.